The summed E-state index contributed by atoms with van der Waals surface area (Å²) in [4.78, 5) is 104. The lowest BCUT2D eigenvalue weighted by molar-refractivity contribution is -0.384. The number of unbranched alkanes of at least 4 members (excludes halogenated alkanes) is 2. The summed E-state index contributed by atoms with van der Waals surface area (Å²) >= 11 is 6.27. The molecular weight excluding hydrogens is 1160 g/mol. The molecule has 3 saturated heterocycles. The van der Waals surface area contributed by atoms with Gasteiger partial charge in [-0.05, 0) is 134 Å². The van der Waals surface area contributed by atoms with Crippen LogP contribution in [0.3, 0.4) is 0 Å². The van der Waals surface area contributed by atoms with E-state index < -0.39 is 61.1 Å². The second kappa shape index (κ2) is 25.8. The number of sulfonamides is 1. The third-order valence-corrected chi connectivity index (χ3v) is 18.8. The van der Waals surface area contributed by atoms with E-state index in [0.717, 1.165) is 60.9 Å². The molecule has 0 bridgehead atoms. The highest BCUT2D eigenvalue weighted by molar-refractivity contribution is 7.90. The van der Waals surface area contributed by atoms with Crippen LogP contribution < -0.4 is 25.0 Å². The zero-order valence-corrected chi connectivity index (χ0v) is 50.4. The van der Waals surface area contributed by atoms with Crippen molar-refractivity contribution >= 4 is 90.7 Å². The molecule has 6 amide bonds. The molecule has 1 unspecified atom stereocenters. The first-order valence-electron chi connectivity index (χ1n) is 29.7. The summed E-state index contributed by atoms with van der Waals surface area (Å²) < 4.78 is 36.4. The molecule has 6 heterocycles. The Hall–Kier alpha value is -8.91. The number of nitro benzene ring substituents is 1. The Labute approximate surface area is 514 Å². The number of amides is 6. The third-order valence-electron chi connectivity index (χ3n) is 17.2. The first-order chi connectivity index (χ1) is 42.3. The van der Waals surface area contributed by atoms with Crippen LogP contribution in [0.2, 0.25) is 5.02 Å². The average molecular weight is 1230 g/mol. The lowest BCUT2D eigenvalue weighted by Gasteiger charge is -2.39. The van der Waals surface area contributed by atoms with Gasteiger partial charge in [-0.25, -0.2) is 18.1 Å². The van der Waals surface area contributed by atoms with Gasteiger partial charge in [0.15, 0.2) is 0 Å². The minimum Gasteiger partial charge on any atom is -0.455 e. The zero-order chi connectivity index (χ0) is 61.9. The van der Waals surface area contributed by atoms with Crippen molar-refractivity contribution < 1.29 is 46.8 Å². The van der Waals surface area contributed by atoms with Gasteiger partial charge in [0.05, 0.1) is 32.7 Å². The normalized spacial score (nSPS) is 18.2. The second-order valence-corrected chi connectivity index (χ2v) is 25.9. The summed E-state index contributed by atoms with van der Waals surface area (Å²) in [5.41, 5.74) is 5.80. The van der Waals surface area contributed by atoms with Gasteiger partial charge in [-0.2, -0.15) is 0 Å². The number of aromatic amines is 1. The number of nitrogens with one attached hydrogen (secondary N) is 4. The van der Waals surface area contributed by atoms with E-state index in [0.29, 0.717) is 93.2 Å². The fourth-order valence-electron chi connectivity index (χ4n) is 12.3. The molecule has 6 aromatic rings. The average Bonchev–Trinajstić information content (AvgIpc) is 2.22. The van der Waals surface area contributed by atoms with Crippen LogP contribution in [0, 0.1) is 33.3 Å². The van der Waals surface area contributed by atoms with E-state index in [2.05, 4.69) is 72.9 Å². The summed E-state index contributed by atoms with van der Waals surface area (Å²) in [6, 6.07) is 23.8. The summed E-state index contributed by atoms with van der Waals surface area (Å²) in [6.07, 6.45) is 9.60. The molecule has 88 heavy (non-hydrogen) atoms. The molecule has 23 heteroatoms. The van der Waals surface area contributed by atoms with E-state index in [1.54, 1.807) is 41.4 Å². The lowest BCUT2D eigenvalue weighted by Crippen LogP contribution is -2.54. The highest BCUT2D eigenvalue weighted by Crippen LogP contribution is 2.44. The molecule has 0 radical (unpaired) electrons. The van der Waals surface area contributed by atoms with Crippen molar-refractivity contribution in [2.45, 2.75) is 95.4 Å². The minimum atomic E-state index is -4.67. The number of ether oxygens (including phenoxy) is 1. The van der Waals surface area contributed by atoms with Crippen LogP contribution in [-0.2, 0) is 24.4 Å². The van der Waals surface area contributed by atoms with Gasteiger partial charge in [-0.1, -0.05) is 61.1 Å². The monoisotopic (exact) mass is 1230 g/mol. The van der Waals surface area contributed by atoms with Crippen molar-refractivity contribution in [1.29, 1.82) is 0 Å². The predicted octanol–water partition coefficient (Wildman–Crippen LogP) is 9.49. The van der Waals surface area contributed by atoms with Crippen LogP contribution in [0.15, 0.2) is 114 Å². The molecule has 2 aromatic heterocycles. The van der Waals surface area contributed by atoms with E-state index in [-0.39, 0.29) is 58.2 Å². The molecule has 5 aliphatic rings. The number of piperazine rings is 1. The Kier molecular flexibility index (Phi) is 17.8. The second-order valence-electron chi connectivity index (χ2n) is 23.8. The maximum atomic E-state index is 14.2. The van der Waals surface area contributed by atoms with E-state index in [9.17, 15) is 47.3 Å². The standard InChI is InChI=1S/C65H67ClN10O11S/c1-65(2)26-22-45(52(37-65)42-12-14-46(66)15-13-42)40-72-30-32-73(33-31-72)47-16-18-50(56(35-47)87-48-34-44-23-27-67-60(44)69-39-48)61(79)71-88(85,86)49-17-19-53(55(36-49)76(83)84)68-38-41-24-28-74(29-25-41)58(78)11-6-4-3-5-8-43-9-7-10-51-59(43)64(82)75(63(51)81)54-20-21-57(77)70-62(54)80/h7,9-10,12-19,23,27,34-36,39,41,54,68H,3-4,6,11,20-22,24-26,28-33,37-38,40H2,1-2H3,(H,67,69)(H,71,79)(H,70,77,80). The maximum absolute atomic E-state index is 14.2. The summed E-state index contributed by atoms with van der Waals surface area (Å²) in [5.74, 6) is 3.10. The highest BCUT2D eigenvalue weighted by Gasteiger charge is 2.45. The number of fused-ring (bicyclic) bond motifs is 2. The van der Waals surface area contributed by atoms with Crippen molar-refractivity contribution in [1.82, 2.24) is 34.7 Å². The number of piperidine rings is 2. The molecule has 1 atom stereocenters. The summed E-state index contributed by atoms with van der Waals surface area (Å²) in [5, 5.41) is 19.3. The number of nitro groups is 1. The SMILES string of the molecule is CC1(C)CCC(CN2CCN(c3ccc(C(=O)NS(=O)(=O)c4ccc(NCC5CCN(C(=O)CCCCC#Cc6cccc7c6C(=O)N(C6CCC(=O)NC6=O)C7=O)CC5)c([N+](=O)[O-])c4)c(Oc4cnc5[nH]ccc5c4)c3)CC2)=C(c2ccc(Cl)cc2)C1. The van der Waals surface area contributed by atoms with E-state index >= 15 is 0 Å². The number of imide groups is 2. The fraction of sp³-hybridized carbons (Fsp3) is 0.369. The van der Waals surface area contributed by atoms with Gasteiger partial charge in [0.1, 0.15) is 28.9 Å². The van der Waals surface area contributed by atoms with Gasteiger partial charge < -0.3 is 24.8 Å². The van der Waals surface area contributed by atoms with Crippen LogP contribution in [0.5, 0.6) is 11.5 Å². The third kappa shape index (κ3) is 13.6. The summed E-state index contributed by atoms with van der Waals surface area (Å²) in [7, 11) is -4.67. The number of nitrogens with zero attached hydrogens (tertiary/aromatic N) is 6. The lowest BCUT2D eigenvalue weighted by atomic mass is 9.72. The van der Waals surface area contributed by atoms with Crippen LogP contribution in [-0.4, -0.2) is 132 Å². The fourth-order valence-corrected chi connectivity index (χ4v) is 13.4. The Balaban J connectivity index is 0.676. The molecule has 3 fully saturated rings. The van der Waals surface area contributed by atoms with Crippen LogP contribution in [0.25, 0.3) is 16.6 Å². The maximum Gasteiger partial charge on any atom is 0.293 e. The number of carbonyl (C=O) groups is 6. The Bertz CT molecular complexity index is 3990. The van der Waals surface area contributed by atoms with E-state index in [1.165, 1.54) is 47.2 Å². The van der Waals surface area contributed by atoms with Gasteiger partial charge in [-0.15, -0.1) is 0 Å². The number of benzene rings is 4. The van der Waals surface area contributed by atoms with Gasteiger partial charge in [-0.3, -0.25) is 54.0 Å². The minimum absolute atomic E-state index is 0.00710. The molecule has 4 aromatic carbocycles. The molecular formula is C65H67ClN10O11S. The number of pyridine rings is 1. The van der Waals surface area contributed by atoms with Crippen LogP contribution in [0.1, 0.15) is 127 Å². The molecule has 4 aliphatic heterocycles. The van der Waals surface area contributed by atoms with Gasteiger partial charge in [0.2, 0.25) is 17.7 Å². The first kappa shape index (κ1) is 60.8. The largest absolute Gasteiger partial charge is 0.455 e. The van der Waals surface area contributed by atoms with Gasteiger partial charge in [0, 0.05) is 112 Å². The highest BCUT2D eigenvalue weighted by atomic mass is 35.5. The number of carbonyl (C=O) groups excluding carboxylic acids is 6. The number of allylic oxidation sites excluding steroid dienone is 1. The number of hydrogen-bond donors (Lipinski definition) is 4. The van der Waals surface area contributed by atoms with Gasteiger partial charge in [0.25, 0.3) is 33.4 Å². The van der Waals surface area contributed by atoms with E-state index in [4.69, 9.17) is 16.3 Å². The Morgan fingerprint density at radius 1 is 0.898 bits per heavy atom. The quantitative estimate of drug-likeness (QED) is 0.0205. The van der Waals surface area contributed by atoms with E-state index in [1.807, 2.05) is 18.2 Å². The molecule has 0 saturated carbocycles. The Morgan fingerprint density at radius 2 is 1.68 bits per heavy atom. The van der Waals surface area contributed by atoms with Crippen molar-refractivity contribution in [2.24, 2.45) is 11.3 Å². The zero-order valence-electron chi connectivity index (χ0n) is 48.9. The molecule has 21 nitrogen and oxygen atoms in total. The molecule has 11 rings (SSSR count). The van der Waals surface area contributed by atoms with Crippen molar-refractivity contribution in [3.8, 4) is 23.3 Å². The van der Waals surface area contributed by atoms with Crippen molar-refractivity contribution in [2.75, 3.05) is 62.6 Å². The smallest absolute Gasteiger partial charge is 0.293 e. The predicted molar refractivity (Wildman–Crippen MR) is 331 cm³/mol. The van der Waals surface area contributed by atoms with Crippen molar-refractivity contribution in [3.05, 3.63) is 152 Å². The number of anilines is 2. The number of hydrogen-bond acceptors (Lipinski definition) is 15. The van der Waals surface area contributed by atoms with Crippen LogP contribution >= 0.6 is 11.6 Å². The molecule has 4 N–H and O–H groups in total. The number of H-pyrrole nitrogens is 1. The molecule has 1 aliphatic carbocycles. The Morgan fingerprint density at radius 3 is 2.44 bits per heavy atom. The number of aromatic nitrogens is 2. The topological polar surface area (TPSA) is 267 Å². The number of halogens is 1. The van der Waals surface area contributed by atoms with Gasteiger partial charge >= 0.3 is 0 Å². The van der Waals surface area contributed by atoms with Crippen LogP contribution in [0.4, 0.5) is 17.1 Å². The molecule has 0 spiro atoms. The van der Waals surface area contributed by atoms with Crippen molar-refractivity contribution in [3.63, 3.8) is 0 Å². The number of rotatable bonds is 18. The molecule has 456 valence electrons. The number of likely N-dealkylation sites (tertiary alicyclic amines) is 1. The first-order valence-corrected chi connectivity index (χ1v) is 31.5. The summed E-state index contributed by atoms with van der Waals surface area (Å²) in [6.45, 7) is 9.75.